The van der Waals surface area contributed by atoms with Gasteiger partial charge in [0.25, 0.3) is 0 Å². The fourth-order valence-corrected chi connectivity index (χ4v) is 1.60. The van der Waals surface area contributed by atoms with Crippen molar-refractivity contribution in [3.05, 3.63) is 52.9 Å². The van der Waals surface area contributed by atoms with E-state index in [4.69, 9.17) is 5.11 Å². The highest BCUT2D eigenvalue weighted by Crippen LogP contribution is 2.37. The van der Waals surface area contributed by atoms with Gasteiger partial charge in [0.2, 0.25) is 11.6 Å². The Labute approximate surface area is 106 Å². The van der Waals surface area contributed by atoms with Crippen LogP contribution in [0, 0.1) is 40.7 Å². The van der Waals surface area contributed by atoms with Crippen molar-refractivity contribution in [2.24, 2.45) is 0 Å². The smallest absolute Gasteiger partial charge is 0.204 e. The summed E-state index contributed by atoms with van der Waals surface area (Å²) in [5.74, 6) is -16.3. The number of hydrogen-bond acceptors (Lipinski definition) is 1. The average molecular weight is 296 g/mol. The Morgan fingerprint density at radius 1 is 0.550 bits per heavy atom. The van der Waals surface area contributed by atoms with Crippen LogP contribution >= 0.6 is 0 Å². The number of phenols is 1. The molecule has 0 saturated carbocycles. The molecule has 0 spiro atoms. The fourth-order valence-electron chi connectivity index (χ4n) is 1.60. The minimum atomic E-state index is -2.25. The number of benzene rings is 2. The summed E-state index contributed by atoms with van der Waals surface area (Å²) in [7, 11) is 0. The van der Waals surface area contributed by atoms with Gasteiger partial charge >= 0.3 is 0 Å². The van der Waals surface area contributed by atoms with Crippen LogP contribution in [0.3, 0.4) is 0 Å². The Bertz CT molecular complexity index is 683. The first-order valence-corrected chi connectivity index (χ1v) is 4.96. The van der Waals surface area contributed by atoms with E-state index in [-0.39, 0.29) is 0 Å². The van der Waals surface area contributed by atoms with Crippen molar-refractivity contribution in [3.8, 4) is 16.9 Å². The van der Waals surface area contributed by atoms with E-state index in [2.05, 4.69) is 0 Å². The fraction of sp³-hybridized carbons (Fsp3) is 0. The van der Waals surface area contributed by atoms with Crippen LogP contribution in [0.2, 0.25) is 0 Å². The van der Waals surface area contributed by atoms with Crippen LogP contribution in [0.25, 0.3) is 11.1 Å². The second-order valence-corrected chi connectivity index (χ2v) is 3.70. The molecule has 1 nitrogen and oxygen atoms in total. The van der Waals surface area contributed by atoms with E-state index < -0.39 is 57.6 Å². The molecule has 0 aliphatic carbocycles. The van der Waals surface area contributed by atoms with Crippen molar-refractivity contribution in [3.63, 3.8) is 0 Å². The number of phenolic OH excluding ortho intramolecular Hbond substituents is 1. The molecule has 0 amide bonds. The molecule has 0 heterocycles. The van der Waals surface area contributed by atoms with Gasteiger partial charge in [-0.2, -0.15) is 8.78 Å². The molecule has 0 saturated heterocycles. The SMILES string of the molecule is Oc1c(F)c(F)c(-c2c(F)ccc(F)c2F)c(F)c1F. The highest BCUT2D eigenvalue weighted by Gasteiger charge is 2.30. The van der Waals surface area contributed by atoms with Crippen LogP contribution < -0.4 is 0 Å². The van der Waals surface area contributed by atoms with E-state index >= 15 is 0 Å². The predicted molar refractivity (Wildman–Crippen MR) is 53.2 cm³/mol. The Morgan fingerprint density at radius 3 is 1.50 bits per heavy atom. The summed E-state index contributed by atoms with van der Waals surface area (Å²) in [6, 6.07) is 0.659. The van der Waals surface area contributed by atoms with Crippen LogP contribution in [-0.2, 0) is 0 Å². The Morgan fingerprint density at radius 2 is 1.00 bits per heavy atom. The van der Waals surface area contributed by atoms with Gasteiger partial charge in [-0.25, -0.2) is 22.0 Å². The van der Waals surface area contributed by atoms with Crippen LogP contribution in [-0.4, -0.2) is 5.11 Å². The molecule has 1 N–H and O–H groups in total. The van der Waals surface area contributed by atoms with Crippen molar-refractivity contribution in [2.45, 2.75) is 0 Å². The highest BCUT2D eigenvalue weighted by molar-refractivity contribution is 5.68. The molecule has 2 aromatic rings. The summed E-state index contributed by atoms with van der Waals surface area (Å²) in [5, 5.41) is 8.74. The molecule has 8 heteroatoms. The molecule has 0 aliphatic heterocycles. The topological polar surface area (TPSA) is 20.2 Å². The summed E-state index contributed by atoms with van der Waals surface area (Å²) in [5.41, 5.74) is -3.40. The van der Waals surface area contributed by atoms with Gasteiger partial charge in [0.1, 0.15) is 5.82 Å². The third-order valence-corrected chi connectivity index (χ3v) is 2.53. The van der Waals surface area contributed by atoms with Gasteiger partial charge in [-0.1, -0.05) is 0 Å². The van der Waals surface area contributed by atoms with Gasteiger partial charge < -0.3 is 5.11 Å². The van der Waals surface area contributed by atoms with Crippen LogP contribution in [0.4, 0.5) is 30.7 Å². The summed E-state index contributed by atoms with van der Waals surface area (Å²) in [4.78, 5) is 0. The molecule has 0 bridgehead atoms. The van der Waals surface area contributed by atoms with Gasteiger partial charge in [0.05, 0.1) is 11.1 Å². The summed E-state index contributed by atoms with van der Waals surface area (Å²) in [6.07, 6.45) is 0. The van der Waals surface area contributed by atoms with E-state index in [1.807, 2.05) is 0 Å². The molecule has 0 fully saturated rings. The molecule has 0 atom stereocenters. The third-order valence-electron chi connectivity index (χ3n) is 2.53. The molecular weight excluding hydrogens is 293 g/mol. The largest absolute Gasteiger partial charge is 0.503 e. The van der Waals surface area contributed by atoms with E-state index in [0.29, 0.717) is 12.1 Å². The lowest BCUT2D eigenvalue weighted by molar-refractivity contribution is 0.357. The van der Waals surface area contributed by atoms with Crippen LogP contribution in [0.1, 0.15) is 0 Å². The Hall–Kier alpha value is -2.25. The monoisotopic (exact) mass is 296 g/mol. The van der Waals surface area contributed by atoms with E-state index in [1.165, 1.54) is 0 Å². The third kappa shape index (κ3) is 1.87. The van der Waals surface area contributed by atoms with Crippen molar-refractivity contribution >= 4 is 0 Å². The number of aromatic hydroxyl groups is 1. The molecule has 2 aromatic carbocycles. The maximum atomic E-state index is 13.5. The molecule has 0 radical (unpaired) electrons. The quantitative estimate of drug-likeness (QED) is 0.622. The van der Waals surface area contributed by atoms with Gasteiger partial charge in [0, 0.05) is 0 Å². The zero-order valence-corrected chi connectivity index (χ0v) is 9.25. The lowest BCUT2D eigenvalue weighted by atomic mass is 10.0. The summed E-state index contributed by atoms with van der Waals surface area (Å²) >= 11 is 0. The maximum absolute atomic E-state index is 13.5. The lowest BCUT2D eigenvalue weighted by Gasteiger charge is -2.11. The maximum Gasteiger partial charge on any atom is 0.204 e. The van der Waals surface area contributed by atoms with Crippen molar-refractivity contribution in [1.29, 1.82) is 0 Å². The first kappa shape index (κ1) is 14.2. The molecule has 2 rings (SSSR count). The summed E-state index contributed by atoms with van der Waals surface area (Å²) < 4.78 is 93.0. The van der Waals surface area contributed by atoms with Crippen molar-refractivity contribution in [1.82, 2.24) is 0 Å². The first-order chi connectivity index (χ1) is 9.27. The van der Waals surface area contributed by atoms with E-state index in [9.17, 15) is 30.7 Å². The van der Waals surface area contributed by atoms with Gasteiger partial charge in [-0.3, -0.25) is 0 Å². The van der Waals surface area contributed by atoms with Crippen molar-refractivity contribution in [2.75, 3.05) is 0 Å². The Balaban J connectivity index is 2.95. The Kier molecular flexibility index (Phi) is 3.33. The van der Waals surface area contributed by atoms with E-state index in [0.717, 1.165) is 0 Å². The van der Waals surface area contributed by atoms with Gasteiger partial charge in [-0.05, 0) is 12.1 Å². The van der Waals surface area contributed by atoms with Gasteiger partial charge in [-0.15, -0.1) is 0 Å². The van der Waals surface area contributed by atoms with Crippen molar-refractivity contribution < 1.29 is 35.8 Å². The predicted octanol–water partition coefficient (Wildman–Crippen LogP) is 4.03. The van der Waals surface area contributed by atoms with Crippen LogP contribution in [0.15, 0.2) is 12.1 Å². The minimum Gasteiger partial charge on any atom is -0.503 e. The zero-order valence-electron chi connectivity index (χ0n) is 9.25. The normalized spacial score (nSPS) is 10.9. The molecule has 0 unspecified atom stereocenters. The minimum absolute atomic E-state index is 0.329. The number of rotatable bonds is 1. The second kappa shape index (κ2) is 4.69. The summed E-state index contributed by atoms with van der Waals surface area (Å²) in [6.45, 7) is 0. The average Bonchev–Trinajstić information content (AvgIpc) is 2.42. The zero-order chi connectivity index (χ0) is 15.2. The molecule has 0 aliphatic rings. The highest BCUT2D eigenvalue weighted by atomic mass is 19.2. The molecule has 20 heavy (non-hydrogen) atoms. The standard InChI is InChI=1S/C12H3F7O/c13-3-1-2-4(14)7(15)5(3)6-8(16)10(18)12(20)11(19)9(6)17/h1-2,20H. The van der Waals surface area contributed by atoms with Crippen LogP contribution in [0.5, 0.6) is 5.75 Å². The van der Waals surface area contributed by atoms with Gasteiger partial charge in [0.15, 0.2) is 29.0 Å². The number of hydrogen-bond donors (Lipinski definition) is 1. The van der Waals surface area contributed by atoms with E-state index in [1.54, 1.807) is 0 Å². The lowest BCUT2D eigenvalue weighted by Crippen LogP contribution is -2.04. The molecule has 0 aromatic heterocycles. The first-order valence-electron chi connectivity index (χ1n) is 4.96. The molecule has 106 valence electrons. The number of halogens is 7. The molecular formula is C12H3F7O. The second-order valence-electron chi connectivity index (χ2n) is 3.70.